The second-order valence-corrected chi connectivity index (χ2v) is 5.97. The van der Waals surface area contributed by atoms with Crippen molar-refractivity contribution < 1.29 is 14.6 Å². The lowest BCUT2D eigenvalue weighted by atomic mass is 9.91. The van der Waals surface area contributed by atoms with Crippen molar-refractivity contribution in [1.82, 2.24) is 4.90 Å². The van der Waals surface area contributed by atoms with E-state index in [0.717, 1.165) is 12.0 Å². The van der Waals surface area contributed by atoms with Crippen molar-refractivity contribution in [3.63, 3.8) is 0 Å². The molecule has 132 valence electrons. The van der Waals surface area contributed by atoms with Crippen LogP contribution >= 0.6 is 0 Å². The molecule has 23 heavy (non-hydrogen) atoms. The highest BCUT2D eigenvalue weighted by Gasteiger charge is 2.42. The number of carbonyl (C=O) groups is 1. The van der Waals surface area contributed by atoms with E-state index >= 15 is 0 Å². The van der Waals surface area contributed by atoms with Gasteiger partial charge in [-0.25, -0.2) is 4.99 Å². The van der Waals surface area contributed by atoms with E-state index < -0.39 is 5.60 Å². The molecule has 1 fully saturated rings. The third-order valence-electron chi connectivity index (χ3n) is 4.39. The molecule has 1 rings (SSSR count). The summed E-state index contributed by atoms with van der Waals surface area (Å²) in [6.45, 7) is 9.18. The second kappa shape index (κ2) is 9.03. The summed E-state index contributed by atoms with van der Waals surface area (Å²) in [5.41, 5.74) is 5.63. The Kier molecular flexibility index (Phi) is 7.72. The number of nitrogens with zero attached hydrogens (tertiary/aromatic N) is 2. The Bertz CT molecular complexity index is 454. The topological polar surface area (TPSA) is 88.2 Å². The summed E-state index contributed by atoms with van der Waals surface area (Å²) in [5.74, 6) is 0.227. The Morgan fingerprint density at radius 3 is 2.52 bits per heavy atom. The van der Waals surface area contributed by atoms with E-state index in [9.17, 15) is 9.90 Å². The molecule has 0 saturated carbocycles. The molecule has 1 aliphatic heterocycles. The first-order valence-corrected chi connectivity index (χ1v) is 8.49. The van der Waals surface area contributed by atoms with Crippen molar-refractivity contribution >= 4 is 12.1 Å². The minimum atomic E-state index is -1.33. The largest absolute Gasteiger partial charge is 0.384 e. The summed E-state index contributed by atoms with van der Waals surface area (Å²) < 4.78 is 5.27. The number of aliphatic hydroxyl groups is 1. The lowest BCUT2D eigenvalue weighted by molar-refractivity contribution is -0.162. The predicted molar refractivity (Wildman–Crippen MR) is 92.1 cm³/mol. The molecule has 6 heteroatoms. The maximum atomic E-state index is 13.0. The Labute approximate surface area is 139 Å². The minimum absolute atomic E-state index is 0.192. The number of aliphatic imine (C=N–C) groups is 1. The summed E-state index contributed by atoms with van der Waals surface area (Å²) in [5, 5.41) is 10.7. The van der Waals surface area contributed by atoms with Gasteiger partial charge in [0, 0.05) is 38.8 Å². The maximum absolute atomic E-state index is 13.0. The van der Waals surface area contributed by atoms with E-state index in [1.807, 2.05) is 27.7 Å². The standard InChI is InChI=1S/C17H31N3O3/c1-5-10-20(13(4)14(6-2)15(18)19-7-3)16(21)17(22)8-11-23-12-9-17/h7,13,22H,5-6,8-12,18H2,1-4H3/b15-14?,19-7-/t13-/m1/s1. The van der Waals surface area contributed by atoms with Crippen LogP contribution in [0.25, 0.3) is 0 Å². The lowest BCUT2D eigenvalue weighted by Crippen LogP contribution is -2.55. The number of hydrogen-bond donors (Lipinski definition) is 2. The molecule has 0 bridgehead atoms. The summed E-state index contributed by atoms with van der Waals surface area (Å²) >= 11 is 0. The third kappa shape index (κ3) is 4.78. The minimum Gasteiger partial charge on any atom is -0.384 e. The Morgan fingerprint density at radius 2 is 2.04 bits per heavy atom. The number of nitrogens with two attached hydrogens (primary N) is 1. The highest BCUT2D eigenvalue weighted by molar-refractivity contribution is 5.85. The van der Waals surface area contributed by atoms with Crippen molar-refractivity contribution in [2.24, 2.45) is 10.7 Å². The maximum Gasteiger partial charge on any atom is 0.255 e. The van der Waals surface area contributed by atoms with Crippen molar-refractivity contribution in [3.8, 4) is 0 Å². The summed E-state index contributed by atoms with van der Waals surface area (Å²) in [6.07, 6.45) is 3.85. The van der Waals surface area contributed by atoms with Gasteiger partial charge in [-0.3, -0.25) is 4.79 Å². The zero-order chi connectivity index (χ0) is 17.5. The van der Waals surface area contributed by atoms with Gasteiger partial charge >= 0.3 is 0 Å². The first-order valence-electron chi connectivity index (χ1n) is 8.49. The smallest absolute Gasteiger partial charge is 0.255 e. The van der Waals surface area contributed by atoms with E-state index in [2.05, 4.69) is 4.99 Å². The fourth-order valence-corrected chi connectivity index (χ4v) is 3.00. The van der Waals surface area contributed by atoms with Crippen molar-refractivity contribution in [1.29, 1.82) is 0 Å². The number of carbonyl (C=O) groups excluding carboxylic acids is 1. The normalized spacial score (nSPS) is 20.2. The molecule has 0 aliphatic carbocycles. The summed E-state index contributed by atoms with van der Waals surface area (Å²) in [4.78, 5) is 18.9. The van der Waals surface area contributed by atoms with Gasteiger partial charge in [0.15, 0.2) is 0 Å². The van der Waals surface area contributed by atoms with Crippen LogP contribution in [0.15, 0.2) is 16.4 Å². The molecule has 1 amide bonds. The van der Waals surface area contributed by atoms with Gasteiger partial charge in [-0.05, 0) is 32.3 Å². The molecule has 0 aromatic carbocycles. The molecule has 1 atom stereocenters. The first-order chi connectivity index (χ1) is 10.9. The Balaban J connectivity index is 3.08. The molecule has 1 aliphatic rings. The van der Waals surface area contributed by atoms with Gasteiger partial charge in [0.25, 0.3) is 5.91 Å². The highest BCUT2D eigenvalue weighted by atomic mass is 16.5. The van der Waals surface area contributed by atoms with Crippen LogP contribution in [0, 0.1) is 0 Å². The zero-order valence-corrected chi connectivity index (χ0v) is 14.8. The van der Waals surface area contributed by atoms with Crippen LogP contribution in [0.2, 0.25) is 0 Å². The second-order valence-electron chi connectivity index (χ2n) is 5.97. The average Bonchev–Trinajstić information content (AvgIpc) is 2.53. The molecule has 1 heterocycles. The monoisotopic (exact) mass is 325 g/mol. The van der Waals surface area contributed by atoms with Gasteiger partial charge in [0.2, 0.25) is 0 Å². The fourth-order valence-electron chi connectivity index (χ4n) is 3.00. The molecule has 0 aromatic rings. The first kappa shape index (κ1) is 19.6. The van der Waals surface area contributed by atoms with Crippen LogP contribution < -0.4 is 5.73 Å². The molecular formula is C17H31N3O3. The summed E-state index contributed by atoms with van der Waals surface area (Å²) in [6, 6.07) is -0.192. The van der Waals surface area contributed by atoms with Crippen LogP contribution in [0.1, 0.15) is 53.4 Å². The van der Waals surface area contributed by atoms with E-state index in [4.69, 9.17) is 10.5 Å². The van der Waals surface area contributed by atoms with Crippen LogP contribution in [0.5, 0.6) is 0 Å². The van der Waals surface area contributed by atoms with Gasteiger partial charge in [-0.1, -0.05) is 13.8 Å². The van der Waals surface area contributed by atoms with E-state index in [-0.39, 0.29) is 11.9 Å². The van der Waals surface area contributed by atoms with Gasteiger partial charge in [-0.2, -0.15) is 0 Å². The van der Waals surface area contributed by atoms with Crippen LogP contribution in [0.4, 0.5) is 0 Å². The van der Waals surface area contributed by atoms with Crippen LogP contribution in [-0.2, 0) is 9.53 Å². The SMILES string of the molecule is C/C=N\C(N)=C(CC)[C@@H](C)N(CCC)C(=O)C1(O)CCOCC1. The molecular weight excluding hydrogens is 294 g/mol. The van der Waals surface area contributed by atoms with Gasteiger partial charge in [0.1, 0.15) is 11.4 Å². The quantitative estimate of drug-likeness (QED) is 0.699. The molecule has 0 unspecified atom stereocenters. The van der Waals surface area contributed by atoms with Crippen LogP contribution in [-0.4, -0.2) is 53.5 Å². The van der Waals surface area contributed by atoms with E-state index in [0.29, 0.717) is 44.8 Å². The molecule has 0 radical (unpaired) electrons. The van der Waals surface area contributed by atoms with E-state index in [1.165, 1.54) is 0 Å². The molecule has 0 aromatic heterocycles. The van der Waals surface area contributed by atoms with Crippen LogP contribution in [0.3, 0.4) is 0 Å². The van der Waals surface area contributed by atoms with E-state index in [1.54, 1.807) is 11.1 Å². The molecule has 0 spiro atoms. The van der Waals surface area contributed by atoms with Crippen molar-refractivity contribution in [2.45, 2.75) is 65.0 Å². The number of ether oxygens (including phenoxy) is 1. The molecule has 6 nitrogen and oxygen atoms in total. The number of amides is 1. The molecule has 1 saturated heterocycles. The van der Waals surface area contributed by atoms with Gasteiger partial charge in [0.05, 0.1) is 6.04 Å². The van der Waals surface area contributed by atoms with Gasteiger partial charge < -0.3 is 20.5 Å². The van der Waals surface area contributed by atoms with Crippen molar-refractivity contribution in [2.75, 3.05) is 19.8 Å². The molecule has 3 N–H and O–H groups in total. The Hall–Kier alpha value is -1.40. The number of rotatable bonds is 7. The number of hydrogen-bond acceptors (Lipinski definition) is 5. The highest BCUT2D eigenvalue weighted by Crippen LogP contribution is 2.27. The predicted octanol–water partition coefficient (Wildman–Crippen LogP) is 1.83. The average molecular weight is 325 g/mol. The third-order valence-corrected chi connectivity index (χ3v) is 4.39. The van der Waals surface area contributed by atoms with Crippen molar-refractivity contribution in [3.05, 3.63) is 11.4 Å². The zero-order valence-electron chi connectivity index (χ0n) is 14.8. The fraction of sp³-hybridized carbons (Fsp3) is 0.765. The van der Waals surface area contributed by atoms with Gasteiger partial charge in [-0.15, -0.1) is 0 Å². The Morgan fingerprint density at radius 1 is 1.43 bits per heavy atom. The summed E-state index contributed by atoms with van der Waals surface area (Å²) in [7, 11) is 0. The lowest BCUT2D eigenvalue weighted by Gasteiger charge is -2.39.